The second kappa shape index (κ2) is 9.98. The predicted molar refractivity (Wildman–Crippen MR) is 149 cm³/mol. The molecule has 0 radical (unpaired) electrons. The first kappa shape index (κ1) is 28.8. The standard InChI is InChI=1S/C29H30N4O9/c1-11-13-9-10-14(32-28(41)31-12-7-5-4-6-8-12)21(34)16(13)22(35)17-15(11)23(36)19-20(33(2)3)24(37)18(27(30)40)26(39)29(19,42)25(17)38/h4-11,15,19-20,23,34-36,39,42H,1-3H3,(H2,30,40)(H2,31,32,41). The van der Waals surface area contributed by atoms with Gasteiger partial charge in [-0.05, 0) is 43.8 Å². The van der Waals surface area contributed by atoms with Gasteiger partial charge >= 0.3 is 6.03 Å². The van der Waals surface area contributed by atoms with E-state index in [-0.39, 0.29) is 11.3 Å². The molecule has 2 aromatic rings. The molecule has 3 aliphatic carbocycles. The summed E-state index contributed by atoms with van der Waals surface area (Å²) >= 11 is 0. The van der Waals surface area contributed by atoms with Gasteiger partial charge in [-0.25, -0.2) is 4.79 Å². The van der Waals surface area contributed by atoms with E-state index in [9.17, 15) is 44.7 Å². The molecule has 0 bridgehead atoms. The van der Waals surface area contributed by atoms with Gasteiger partial charge in [0.2, 0.25) is 5.78 Å². The molecule has 6 unspecified atom stereocenters. The number of phenolic OH excluding ortho intramolecular Hbond substituents is 1. The number of phenols is 1. The maximum Gasteiger partial charge on any atom is 0.323 e. The Morgan fingerprint density at radius 2 is 1.64 bits per heavy atom. The number of carbonyl (C=O) groups excluding carboxylic acids is 4. The Labute approximate surface area is 239 Å². The van der Waals surface area contributed by atoms with E-state index in [2.05, 4.69) is 10.6 Å². The lowest BCUT2D eigenvalue weighted by molar-refractivity contribution is -0.169. The van der Waals surface area contributed by atoms with Crippen LogP contribution in [0.3, 0.4) is 0 Å². The summed E-state index contributed by atoms with van der Waals surface area (Å²) in [7, 11) is 2.87. The van der Waals surface area contributed by atoms with E-state index in [1.807, 2.05) is 0 Å². The lowest BCUT2D eigenvalue weighted by Crippen LogP contribution is -2.70. The number of urea groups is 1. The summed E-state index contributed by atoms with van der Waals surface area (Å²) in [6, 6.07) is 9.24. The number of Topliss-reactive ketones (excluding diaryl/α,β-unsaturated/α-hetero) is 2. The fraction of sp³-hybridized carbons (Fsp3) is 0.310. The highest BCUT2D eigenvalue weighted by Crippen LogP contribution is 2.56. The molecule has 220 valence electrons. The Morgan fingerprint density at radius 1 is 1.00 bits per heavy atom. The third kappa shape index (κ3) is 3.96. The summed E-state index contributed by atoms with van der Waals surface area (Å²) in [6.45, 7) is 1.62. The van der Waals surface area contributed by atoms with Gasteiger partial charge in [0.05, 0.1) is 29.3 Å². The number of aromatic hydroxyl groups is 1. The molecule has 0 aliphatic heterocycles. The van der Waals surface area contributed by atoms with Crippen LogP contribution in [0, 0.1) is 11.8 Å². The Bertz CT molecular complexity index is 1600. The minimum atomic E-state index is -3.01. The van der Waals surface area contributed by atoms with Crippen molar-refractivity contribution in [3.63, 3.8) is 0 Å². The number of nitrogens with one attached hydrogen (secondary N) is 2. The average molecular weight is 579 g/mol. The van der Waals surface area contributed by atoms with Crippen molar-refractivity contribution in [3.05, 3.63) is 70.5 Å². The molecule has 13 nitrogen and oxygen atoms in total. The molecule has 0 saturated heterocycles. The number of hydrogen-bond acceptors (Lipinski definition) is 10. The number of benzene rings is 2. The van der Waals surface area contributed by atoms with Crippen LogP contribution in [0.2, 0.25) is 0 Å². The highest BCUT2D eigenvalue weighted by atomic mass is 16.4. The van der Waals surface area contributed by atoms with Gasteiger partial charge in [0.1, 0.15) is 22.8 Å². The number of aliphatic hydroxyl groups is 4. The Kier molecular flexibility index (Phi) is 6.84. The van der Waals surface area contributed by atoms with Crippen molar-refractivity contribution < 1.29 is 44.7 Å². The number of nitrogens with zero attached hydrogens (tertiary/aromatic N) is 1. The maximum absolute atomic E-state index is 14.0. The largest absolute Gasteiger partial charge is 0.508 e. The fourth-order valence-electron chi connectivity index (χ4n) is 6.52. The van der Waals surface area contributed by atoms with Gasteiger partial charge in [-0.15, -0.1) is 0 Å². The molecule has 3 aliphatic rings. The van der Waals surface area contributed by atoms with Gasteiger partial charge < -0.3 is 41.9 Å². The lowest BCUT2D eigenvalue weighted by Gasteiger charge is -2.53. The fourth-order valence-corrected chi connectivity index (χ4v) is 6.52. The molecular weight excluding hydrogens is 548 g/mol. The predicted octanol–water partition coefficient (Wildman–Crippen LogP) is 1.14. The monoisotopic (exact) mass is 578 g/mol. The van der Waals surface area contributed by atoms with E-state index >= 15 is 0 Å². The zero-order valence-electron chi connectivity index (χ0n) is 22.8. The molecule has 42 heavy (non-hydrogen) atoms. The van der Waals surface area contributed by atoms with Crippen molar-refractivity contribution in [2.45, 2.75) is 30.6 Å². The average Bonchev–Trinajstić information content (AvgIpc) is 2.92. The number of primary amides is 1. The third-order valence-electron chi connectivity index (χ3n) is 8.41. The molecular formula is C29H30N4O9. The Morgan fingerprint density at radius 3 is 2.24 bits per heavy atom. The number of likely N-dealkylation sites (N-methyl/N-ethyl adjacent to an activating group) is 1. The molecule has 0 heterocycles. The van der Waals surface area contributed by atoms with E-state index in [4.69, 9.17) is 5.73 Å². The highest BCUT2D eigenvalue weighted by molar-refractivity contribution is 6.24. The number of amides is 3. The van der Waals surface area contributed by atoms with Gasteiger partial charge in [0.25, 0.3) is 5.91 Å². The normalized spacial score (nSPS) is 28.7. The number of carbonyl (C=O) groups is 4. The third-order valence-corrected chi connectivity index (χ3v) is 8.41. The molecule has 13 heteroatoms. The van der Waals surface area contributed by atoms with Crippen LogP contribution < -0.4 is 16.4 Å². The van der Waals surface area contributed by atoms with Gasteiger partial charge in [-0.3, -0.25) is 19.3 Å². The summed E-state index contributed by atoms with van der Waals surface area (Å²) in [5, 5.41) is 62.0. The van der Waals surface area contributed by atoms with Crippen molar-refractivity contribution in [1.82, 2.24) is 4.90 Å². The highest BCUT2D eigenvalue weighted by Gasteiger charge is 2.68. The first-order valence-corrected chi connectivity index (χ1v) is 13.0. The summed E-state index contributed by atoms with van der Waals surface area (Å²) in [6.07, 6.45) is -1.70. The molecule has 1 fully saturated rings. The smallest absolute Gasteiger partial charge is 0.323 e. The Hall–Kier alpha value is -4.72. The van der Waals surface area contributed by atoms with Crippen molar-refractivity contribution in [1.29, 1.82) is 0 Å². The zero-order valence-corrected chi connectivity index (χ0v) is 22.8. The Balaban J connectivity index is 1.64. The van der Waals surface area contributed by atoms with Crippen LogP contribution in [0.5, 0.6) is 5.75 Å². The van der Waals surface area contributed by atoms with E-state index in [0.29, 0.717) is 11.3 Å². The quantitative estimate of drug-likeness (QED) is 0.191. The number of fused-ring (bicyclic) bond motifs is 3. The van der Waals surface area contributed by atoms with E-state index in [1.54, 1.807) is 37.3 Å². The first-order chi connectivity index (χ1) is 19.7. The lowest BCUT2D eigenvalue weighted by atomic mass is 9.54. The summed E-state index contributed by atoms with van der Waals surface area (Å²) in [5.41, 5.74) is 1.24. The van der Waals surface area contributed by atoms with Gasteiger partial charge in [0.15, 0.2) is 11.4 Å². The number of para-hydroxylation sites is 1. The van der Waals surface area contributed by atoms with Crippen molar-refractivity contribution in [2.75, 3.05) is 24.7 Å². The summed E-state index contributed by atoms with van der Waals surface area (Å²) in [5.74, 6) is -9.95. The zero-order chi connectivity index (χ0) is 30.8. The van der Waals surface area contributed by atoms with Gasteiger partial charge in [-0.2, -0.15) is 0 Å². The second-order valence-corrected chi connectivity index (χ2v) is 10.9. The number of aliphatic hydroxyl groups excluding tert-OH is 3. The molecule has 6 atom stereocenters. The molecule has 9 N–H and O–H groups in total. The van der Waals surface area contributed by atoms with Crippen LogP contribution in [0.1, 0.15) is 24.0 Å². The molecule has 0 aromatic heterocycles. The summed E-state index contributed by atoms with van der Waals surface area (Å²) in [4.78, 5) is 53.3. The van der Waals surface area contributed by atoms with Crippen LogP contribution in [0.4, 0.5) is 16.2 Å². The first-order valence-electron chi connectivity index (χ1n) is 13.0. The van der Waals surface area contributed by atoms with Crippen LogP contribution in [0.25, 0.3) is 5.76 Å². The molecule has 3 amide bonds. The minimum Gasteiger partial charge on any atom is -0.508 e. The molecule has 1 saturated carbocycles. The van der Waals surface area contributed by atoms with Gasteiger partial charge in [-0.1, -0.05) is 31.2 Å². The van der Waals surface area contributed by atoms with Crippen LogP contribution in [-0.2, 0) is 14.4 Å². The molecule has 5 rings (SSSR count). The number of hydrogen-bond donors (Lipinski definition) is 8. The summed E-state index contributed by atoms with van der Waals surface area (Å²) < 4.78 is 0. The van der Waals surface area contributed by atoms with Crippen LogP contribution in [-0.4, -0.2) is 85.8 Å². The molecule has 0 spiro atoms. The number of nitrogens with two attached hydrogens (primary N) is 1. The minimum absolute atomic E-state index is 0.116. The van der Waals surface area contributed by atoms with E-state index in [1.165, 1.54) is 31.1 Å². The van der Waals surface area contributed by atoms with E-state index < -0.39 is 87.4 Å². The number of ketones is 2. The van der Waals surface area contributed by atoms with Crippen molar-refractivity contribution >= 4 is 40.6 Å². The SMILES string of the molecule is CC1c2ccc(NC(=O)Nc3ccccc3)c(O)c2C(O)=C2C(=O)C3(O)C(O)=C(C(N)=O)C(=O)C(N(C)C)C3C(O)C21. The van der Waals surface area contributed by atoms with Crippen molar-refractivity contribution in [3.8, 4) is 5.75 Å². The number of rotatable bonds is 4. The number of anilines is 2. The topological polar surface area (TPSA) is 223 Å². The van der Waals surface area contributed by atoms with Crippen LogP contribution in [0.15, 0.2) is 59.4 Å². The van der Waals surface area contributed by atoms with Gasteiger partial charge in [0, 0.05) is 17.2 Å². The second-order valence-electron chi connectivity index (χ2n) is 10.9. The van der Waals surface area contributed by atoms with Crippen LogP contribution >= 0.6 is 0 Å². The van der Waals surface area contributed by atoms with E-state index in [0.717, 1.165) is 0 Å². The molecule has 2 aromatic carbocycles. The van der Waals surface area contributed by atoms with Crippen molar-refractivity contribution in [2.24, 2.45) is 17.6 Å². The maximum atomic E-state index is 14.0.